The van der Waals surface area contributed by atoms with Crippen LogP contribution in [0.1, 0.15) is 19.3 Å². The zero-order chi connectivity index (χ0) is 12.7. The van der Waals surface area contributed by atoms with Gasteiger partial charge < -0.3 is 15.2 Å². The maximum absolute atomic E-state index is 11.5. The largest absolute Gasteiger partial charge is 0.481 e. The van der Waals surface area contributed by atoms with Crippen molar-refractivity contribution in [3.8, 4) is 0 Å². The van der Waals surface area contributed by atoms with Gasteiger partial charge in [0.05, 0.1) is 19.6 Å². The Balaban J connectivity index is 2.23. The van der Waals surface area contributed by atoms with Gasteiger partial charge in [0.25, 0.3) is 0 Å². The van der Waals surface area contributed by atoms with Crippen LogP contribution in [0.3, 0.4) is 0 Å². The minimum atomic E-state index is -0.824. The van der Waals surface area contributed by atoms with Gasteiger partial charge in [-0.3, -0.25) is 14.5 Å². The number of methoxy groups -OCH3 is 1. The molecule has 0 radical (unpaired) electrons. The van der Waals surface area contributed by atoms with Crippen molar-refractivity contribution in [3.63, 3.8) is 0 Å². The third kappa shape index (κ3) is 6.23. The average molecular weight is 244 g/mol. The van der Waals surface area contributed by atoms with E-state index in [1.807, 2.05) is 4.90 Å². The molecule has 6 nitrogen and oxygen atoms in total. The van der Waals surface area contributed by atoms with Crippen molar-refractivity contribution in [2.45, 2.75) is 25.3 Å². The topological polar surface area (TPSA) is 78.9 Å². The Morgan fingerprint density at radius 3 is 2.71 bits per heavy atom. The van der Waals surface area contributed by atoms with Crippen molar-refractivity contribution in [1.29, 1.82) is 0 Å². The first-order valence-corrected chi connectivity index (χ1v) is 5.85. The summed E-state index contributed by atoms with van der Waals surface area (Å²) in [5, 5.41) is 11.4. The Kier molecular flexibility index (Phi) is 5.93. The third-order valence-electron chi connectivity index (χ3n) is 2.65. The van der Waals surface area contributed by atoms with E-state index in [0.717, 1.165) is 12.8 Å². The van der Waals surface area contributed by atoms with Gasteiger partial charge in [-0.1, -0.05) is 0 Å². The molecule has 0 aromatic rings. The second-order valence-electron chi connectivity index (χ2n) is 4.19. The van der Waals surface area contributed by atoms with Crippen molar-refractivity contribution >= 4 is 11.9 Å². The van der Waals surface area contributed by atoms with E-state index in [9.17, 15) is 9.59 Å². The van der Waals surface area contributed by atoms with Gasteiger partial charge in [0.2, 0.25) is 5.91 Å². The van der Waals surface area contributed by atoms with Gasteiger partial charge in [0.15, 0.2) is 0 Å². The summed E-state index contributed by atoms with van der Waals surface area (Å²) in [5.41, 5.74) is 0. The zero-order valence-corrected chi connectivity index (χ0v) is 10.1. The fraction of sp³-hybridized carbons (Fsp3) is 0.818. The van der Waals surface area contributed by atoms with Crippen molar-refractivity contribution in [2.75, 3.05) is 33.4 Å². The Bertz CT molecular complexity index is 266. The summed E-state index contributed by atoms with van der Waals surface area (Å²) < 4.78 is 4.83. The number of hydrogen-bond donors (Lipinski definition) is 2. The quantitative estimate of drug-likeness (QED) is 0.544. The van der Waals surface area contributed by atoms with Gasteiger partial charge in [0.1, 0.15) is 0 Å². The van der Waals surface area contributed by atoms with Gasteiger partial charge in [-0.25, -0.2) is 0 Å². The van der Waals surface area contributed by atoms with E-state index in [4.69, 9.17) is 9.84 Å². The van der Waals surface area contributed by atoms with Gasteiger partial charge in [0, 0.05) is 26.2 Å². The lowest BCUT2D eigenvalue weighted by Gasteiger charge is -2.20. The van der Waals surface area contributed by atoms with Crippen LogP contribution < -0.4 is 5.32 Å². The molecule has 1 aliphatic carbocycles. The van der Waals surface area contributed by atoms with Gasteiger partial charge in [-0.2, -0.15) is 0 Å². The average Bonchev–Trinajstić information content (AvgIpc) is 3.08. The van der Waals surface area contributed by atoms with E-state index in [-0.39, 0.29) is 18.9 Å². The highest BCUT2D eigenvalue weighted by molar-refractivity contribution is 5.78. The van der Waals surface area contributed by atoms with Crippen molar-refractivity contribution < 1.29 is 19.4 Å². The molecule has 0 spiro atoms. The van der Waals surface area contributed by atoms with Crippen LogP contribution in [0.2, 0.25) is 0 Å². The highest BCUT2D eigenvalue weighted by Gasteiger charge is 2.30. The maximum atomic E-state index is 11.5. The fourth-order valence-electron chi connectivity index (χ4n) is 1.60. The molecule has 1 aliphatic rings. The first-order chi connectivity index (χ1) is 8.13. The molecule has 17 heavy (non-hydrogen) atoms. The number of nitrogens with one attached hydrogen (secondary N) is 1. The summed E-state index contributed by atoms with van der Waals surface area (Å²) in [7, 11) is 1.58. The number of aliphatic carboxylic acids is 1. The molecule has 1 amide bonds. The molecule has 0 aromatic heterocycles. The first-order valence-electron chi connectivity index (χ1n) is 5.85. The summed E-state index contributed by atoms with van der Waals surface area (Å²) in [6, 6.07) is 0.391. The molecule has 1 rings (SSSR count). The standard InChI is InChI=1S/C11H20N2O4/c1-17-7-5-12-10(14)8-13(9-2-3-9)6-4-11(15)16/h9H,2-8H2,1H3,(H,12,14)(H,15,16). The monoisotopic (exact) mass is 244 g/mol. The van der Waals surface area contributed by atoms with Crippen LogP contribution >= 0.6 is 0 Å². The molecular weight excluding hydrogens is 224 g/mol. The molecular formula is C11H20N2O4. The first kappa shape index (κ1) is 13.9. The smallest absolute Gasteiger partial charge is 0.304 e. The van der Waals surface area contributed by atoms with E-state index < -0.39 is 5.97 Å². The minimum Gasteiger partial charge on any atom is -0.481 e. The molecule has 1 fully saturated rings. The summed E-state index contributed by atoms with van der Waals surface area (Å²) >= 11 is 0. The van der Waals surface area contributed by atoms with Crippen molar-refractivity contribution in [1.82, 2.24) is 10.2 Å². The summed E-state index contributed by atoms with van der Waals surface area (Å²) in [6.45, 7) is 1.70. The molecule has 1 saturated carbocycles. The molecule has 0 unspecified atom stereocenters. The molecule has 0 aromatic carbocycles. The number of hydrogen-bond acceptors (Lipinski definition) is 4. The fourth-order valence-corrected chi connectivity index (χ4v) is 1.60. The lowest BCUT2D eigenvalue weighted by Crippen LogP contribution is -2.40. The third-order valence-corrected chi connectivity index (χ3v) is 2.65. The normalized spacial score (nSPS) is 14.9. The van der Waals surface area contributed by atoms with Crippen LogP contribution in [0, 0.1) is 0 Å². The maximum Gasteiger partial charge on any atom is 0.304 e. The van der Waals surface area contributed by atoms with Crippen molar-refractivity contribution in [3.05, 3.63) is 0 Å². The van der Waals surface area contributed by atoms with E-state index in [0.29, 0.717) is 25.7 Å². The predicted molar refractivity (Wildman–Crippen MR) is 61.7 cm³/mol. The van der Waals surface area contributed by atoms with Crippen molar-refractivity contribution in [2.24, 2.45) is 0 Å². The predicted octanol–water partition coefficient (Wildman–Crippen LogP) is -0.312. The number of nitrogens with zero attached hydrogens (tertiary/aromatic N) is 1. The van der Waals surface area contributed by atoms with Crippen LogP contribution in [-0.2, 0) is 14.3 Å². The molecule has 0 atom stereocenters. The van der Waals surface area contributed by atoms with Crippen LogP contribution in [0.5, 0.6) is 0 Å². The van der Waals surface area contributed by atoms with E-state index in [2.05, 4.69) is 5.32 Å². The lowest BCUT2D eigenvalue weighted by molar-refractivity contribution is -0.137. The zero-order valence-electron chi connectivity index (χ0n) is 10.1. The second-order valence-corrected chi connectivity index (χ2v) is 4.19. The SMILES string of the molecule is COCCNC(=O)CN(CCC(=O)O)C1CC1. The lowest BCUT2D eigenvalue weighted by atomic mass is 10.3. The number of rotatable bonds is 9. The molecule has 6 heteroatoms. The van der Waals surface area contributed by atoms with E-state index in [1.54, 1.807) is 7.11 Å². The Labute approximate surface area is 101 Å². The number of ether oxygens (including phenoxy) is 1. The van der Waals surface area contributed by atoms with Crippen LogP contribution in [-0.4, -0.2) is 61.3 Å². The van der Waals surface area contributed by atoms with Gasteiger partial charge in [-0.05, 0) is 12.8 Å². The second kappa shape index (κ2) is 7.24. The van der Waals surface area contributed by atoms with Gasteiger partial charge >= 0.3 is 5.97 Å². The molecule has 98 valence electrons. The van der Waals surface area contributed by atoms with Gasteiger partial charge in [-0.15, -0.1) is 0 Å². The number of carboxylic acids is 1. The molecule has 0 heterocycles. The van der Waals surface area contributed by atoms with Crippen LogP contribution in [0.4, 0.5) is 0 Å². The van der Waals surface area contributed by atoms with E-state index in [1.165, 1.54) is 0 Å². The highest BCUT2D eigenvalue weighted by Crippen LogP contribution is 2.26. The summed E-state index contributed by atoms with van der Waals surface area (Å²) in [5.74, 6) is -0.894. The number of carbonyl (C=O) groups excluding carboxylic acids is 1. The van der Waals surface area contributed by atoms with Crippen LogP contribution in [0.15, 0.2) is 0 Å². The Hall–Kier alpha value is -1.14. The Morgan fingerprint density at radius 1 is 1.47 bits per heavy atom. The molecule has 0 bridgehead atoms. The highest BCUT2D eigenvalue weighted by atomic mass is 16.5. The molecule has 0 aliphatic heterocycles. The number of carboxylic acid groups (broad SMARTS) is 1. The Morgan fingerprint density at radius 2 is 2.18 bits per heavy atom. The molecule has 2 N–H and O–H groups in total. The van der Waals surface area contributed by atoms with E-state index >= 15 is 0 Å². The number of carbonyl (C=O) groups is 2. The van der Waals surface area contributed by atoms with Crippen LogP contribution in [0.25, 0.3) is 0 Å². The summed E-state index contributed by atoms with van der Waals surface area (Å²) in [4.78, 5) is 24.0. The minimum absolute atomic E-state index is 0.0701. The summed E-state index contributed by atoms with van der Waals surface area (Å²) in [6.07, 6.45) is 2.21. The number of amides is 1. The molecule has 0 saturated heterocycles.